The number of hydrogen-bond acceptors (Lipinski definition) is 7. The van der Waals surface area contributed by atoms with Gasteiger partial charge in [0.25, 0.3) is 0 Å². The molecule has 12 heteroatoms. The molecule has 9 nitrogen and oxygen atoms in total. The van der Waals surface area contributed by atoms with Crippen molar-refractivity contribution in [3.8, 4) is 11.1 Å². The second-order valence-electron chi connectivity index (χ2n) is 9.04. The van der Waals surface area contributed by atoms with E-state index in [-0.39, 0.29) is 36.9 Å². The number of aromatic nitrogens is 5. The van der Waals surface area contributed by atoms with Gasteiger partial charge in [0.15, 0.2) is 5.78 Å². The number of anilines is 1. The molecule has 1 N–H and O–H groups in total. The lowest BCUT2D eigenvalue weighted by molar-refractivity contribution is -0.131. The van der Waals surface area contributed by atoms with Crippen molar-refractivity contribution in [2.45, 2.75) is 39.0 Å². The molecular weight excluding hydrogens is 573 g/mol. The number of pyridine rings is 1. The molecule has 0 bridgehead atoms. The van der Waals surface area contributed by atoms with E-state index in [0.717, 1.165) is 11.1 Å². The fraction of sp³-hybridized carbons (Fsp3) is 0.269. The lowest BCUT2D eigenvalue weighted by Crippen LogP contribution is -2.44. The summed E-state index contributed by atoms with van der Waals surface area (Å²) in [7, 11) is 0. The first kappa shape index (κ1) is 26.0. The van der Waals surface area contributed by atoms with Crippen LogP contribution in [0.1, 0.15) is 29.7 Å². The maximum absolute atomic E-state index is 14.5. The lowest BCUT2D eigenvalue weighted by atomic mass is 10.0. The van der Waals surface area contributed by atoms with Crippen molar-refractivity contribution in [1.82, 2.24) is 29.6 Å². The Labute approximate surface area is 231 Å². The lowest BCUT2D eigenvalue weighted by Gasteiger charge is -2.25. The van der Waals surface area contributed by atoms with E-state index in [2.05, 4.69) is 41.3 Å². The van der Waals surface area contributed by atoms with Gasteiger partial charge in [0.1, 0.15) is 39.6 Å². The Hall–Kier alpha value is -3.64. The molecule has 2 atom stereocenters. The maximum Gasteiger partial charge on any atom is 0.245 e. The molecule has 0 unspecified atom stereocenters. The molecule has 4 aromatic rings. The number of fused-ring (bicyclic) bond motifs is 1. The molecule has 0 aliphatic carbocycles. The third-order valence-corrected chi connectivity index (χ3v) is 7.14. The normalized spacial score (nSPS) is 17.1. The summed E-state index contributed by atoms with van der Waals surface area (Å²) >= 11 is 8.84. The summed E-state index contributed by atoms with van der Waals surface area (Å²) in [6, 6.07) is 10.2. The number of amides is 1. The number of aryl methyl sites for hydroxylation is 1. The molecule has 38 heavy (non-hydrogen) atoms. The zero-order valence-electron chi connectivity index (χ0n) is 20.6. The maximum atomic E-state index is 14.5. The van der Waals surface area contributed by atoms with Crippen molar-refractivity contribution >= 4 is 61.5 Å². The highest BCUT2D eigenvalue weighted by Crippen LogP contribution is 2.28. The van der Waals surface area contributed by atoms with Crippen LogP contribution in [-0.2, 0) is 11.3 Å². The second-order valence-corrected chi connectivity index (χ2v) is 10.3. The van der Waals surface area contributed by atoms with Crippen molar-refractivity contribution in [1.29, 1.82) is 0 Å². The zero-order chi connectivity index (χ0) is 27.0. The van der Waals surface area contributed by atoms with Crippen LogP contribution >= 0.6 is 28.1 Å². The quantitative estimate of drug-likeness (QED) is 0.197. The molecular formula is C26H23BrFN7O2S. The molecule has 194 valence electrons. The van der Waals surface area contributed by atoms with Gasteiger partial charge in [-0.15, -0.1) is 0 Å². The van der Waals surface area contributed by atoms with Gasteiger partial charge in [0, 0.05) is 36.7 Å². The molecule has 3 aromatic heterocycles. The Morgan fingerprint density at radius 1 is 1.18 bits per heavy atom. The van der Waals surface area contributed by atoms with Crippen molar-refractivity contribution in [3.63, 3.8) is 0 Å². The molecule has 1 fully saturated rings. The number of carbonyl (C=O) groups excluding carboxylic acids is 2. The summed E-state index contributed by atoms with van der Waals surface area (Å²) < 4.78 is 16.6. The molecule has 5 rings (SSSR count). The predicted molar refractivity (Wildman–Crippen MR) is 149 cm³/mol. The third-order valence-electron chi connectivity index (χ3n) is 6.32. The van der Waals surface area contributed by atoms with Crippen LogP contribution in [0.4, 0.5) is 10.2 Å². The fourth-order valence-corrected chi connectivity index (χ4v) is 5.17. The van der Waals surface area contributed by atoms with Crippen LogP contribution in [-0.4, -0.2) is 65.1 Å². The minimum atomic E-state index is -1.21. The highest BCUT2D eigenvalue weighted by atomic mass is 79.9. The summed E-state index contributed by atoms with van der Waals surface area (Å²) in [6.45, 7) is 2.99. The summed E-state index contributed by atoms with van der Waals surface area (Å²) in [5.74, 6) is 0.576. The number of likely N-dealkylation sites (tertiary alicyclic amines) is 1. The van der Waals surface area contributed by atoms with Gasteiger partial charge in [0.2, 0.25) is 5.91 Å². The first-order chi connectivity index (χ1) is 18.2. The van der Waals surface area contributed by atoms with Crippen LogP contribution in [0, 0.1) is 6.92 Å². The number of hydrogen-bond donors (Lipinski definition) is 1. The number of carbonyl (C=O) groups is 2. The number of halogens is 2. The molecule has 1 amide bonds. The van der Waals surface area contributed by atoms with E-state index in [1.54, 1.807) is 37.5 Å². The molecule has 0 spiro atoms. The topological polar surface area (TPSA) is 106 Å². The molecule has 1 saturated heterocycles. The number of alkyl halides is 1. The number of nitrogens with zero attached hydrogens (tertiary/aromatic N) is 6. The molecule has 0 radical (unpaired) electrons. The third kappa shape index (κ3) is 5.32. The van der Waals surface area contributed by atoms with Gasteiger partial charge >= 0.3 is 0 Å². The molecule has 1 aliphatic rings. The number of rotatable bonds is 6. The van der Waals surface area contributed by atoms with E-state index in [4.69, 9.17) is 12.2 Å². The smallest absolute Gasteiger partial charge is 0.245 e. The van der Waals surface area contributed by atoms with E-state index in [9.17, 15) is 14.0 Å². The van der Waals surface area contributed by atoms with Crippen LogP contribution in [0.25, 0.3) is 22.0 Å². The second kappa shape index (κ2) is 10.6. The highest BCUT2D eigenvalue weighted by Gasteiger charge is 2.38. The Morgan fingerprint density at radius 2 is 1.95 bits per heavy atom. The van der Waals surface area contributed by atoms with Crippen LogP contribution in [0.15, 0.2) is 53.4 Å². The first-order valence-electron chi connectivity index (χ1n) is 11.9. The van der Waals surface area contributed by atoms with E-state index >= 15 is 0 Å². The van der Waals surface area contributed by atoms with Crippen molar-refractivity contribution in [2.24, 2.45) is 0 Å². The van der Waals surface area contributed by atoms with Crippen molar-refractivity contribution in [3.05, 3.63) is 64.9 Å². The van der Waals surface area contributed by atoms with Crippen LogP contribution in [0.3, 0.4) is 0 Å². The minimum absolute atomic E-state index is 0.0758. The predicted octanol–water partition coefficient (Wildman–Crippen LogP) is 4.54. The summed E-state index contributed by atoms with van der Waals surface area (Å²) in [5.41, 5.74) is 2.49. The largest absolute Gasteiger partial charge is 0.333 e. The van der Waals surface area contributed by atoms with Crippen molar-refractivity contribution < 1.29 is 14.0 Å². The summed E-state index contributed by atoms with van der Waals surface area (Å²) in [4.78, 5) is 40.3. The van der Waals surface area contributed by atoms with E-state index in [0.29, 0.717) is 32.1 Å². The van der Waals surface area contributed by atoms with Gasteiger partial charge in [-0.05, 0) is 52.7 Å². The number of ketones is 1. The fourth-order valence-electron chi connectivity index (χ4n) is 4.50. The summed E-state index contributed by atoms with van der Waals surface area (Å²) in [5, 5.41) is 8.08. The molecule has 1 aromatic carbocycles. The first-order valence-corrected chi connectivity index (χ1v) is 13.1. The molecule has 0 saturated carbocycles. The Morgan fingerprint density at radius 3 is 2.66 bits per heavy atom. The van der Waals surface area contributed by atoms with Crippen LogP contribution in [0.5, 0.6) is 0 Å². The van der Waals surface area contributed by atoms with Gasteiger partial charge in [-0.1, -0.05) is 24.4 Å². The van der Waals surface area contributed by atoms with E-state index in [1.165, 1.54) is 16.5 Å². The molecule has 4 heterocycles. The van der Waals surface area contributed by atoms with E-state index < -0.39 is 12.2 Å². The summed E-state index contributed by atoms with van der Waals surface area (Å²) in [6.07, 6.45) is 2.31. The Balaban J connectivity index is 1.41. The average molecular weight is 596 g/mol. The van der Waals surface area contributed by atoms with Gasteiger partial charge in [-0.3, -0.25) is 14.3 Å². The van der Waals surface area contributed by atoms with E-state index in [1.807, 2.05) is 18.2 Å². The van der Waals surface area contributed by atoms with Gasteiger partial charge in [-0.25, -0.2) is 19.3 Å². The van der Waals surface area contributed by atoms with Crippen molar-refractivity contribution in [2.75, 3.05) is 11.9 Å². The number of thiocarbonyl (C=S) groups is 1. The average Bonchev–Trinajstić information content (AvgIpc) is 3.45. The van der Waals surface area contributed by atoms with Gasteiger partial charge in [-0.2, -0.15) is 5.10 Å². The SMILES string of the molecule is CC(=O)c1nn(CC(=O)N2C[C@H](F)C[C@H]2C(=S)Nc2cccc(Br)n2)c2ccc(-c3cnc(C)nc3)cc12. The monoisotopic (exact) mass is 595 g/mol. The van der Waals surface area contributed by atoms with Crippen LogP contribution in [0.2, 0.25) is 0 Å². The van der Waals surface area contributed by atoms with Crippen LogP contribution < -0.4 is 5.32 Å². The number of Topliss-reactive ketones (excluding diaryl/α,β-unsaturated/α-hetero) is 1. The Bertz CT molecular complexity index is 1560. The number of benzene rings is 1. The Kier molecular flexibility index (Phi) is 7.26. The van der Waals surface area contributed by atoms with Gasteiger partial charge in [0.05, 0.1) is 18.1 Å². The standard InChI is InChI=1S/C26H23BrFN7O2S/c1-14(36)25-19-8-16(17-10-29-15(2)30-11-17)6-7-20(19)35(33-25)13-24(37)34-12-18(28)9-21(34)26(38)32-23-5-3-4-22(27)31-23/h3-8,10-11,18,21H,9,12-13H2,1-2H3,(H,31,32,38)/t18-,21+/m1/s1. The zero-order valence-corrected chi connectivity index (χ0v) is 23.0. The number of nitrogens with one attached hydrogen (secondary N) is 1. The highest BCUT2D eigenvalue weighted by molar-refractivity contribution is 9.10. The van der Waals surface area contributed by atoms with Gasteiger partial charge < -0.3 is 10.2 Å². The minimum Gasteiger partial charge on any atom is -0.333 e. The molecule has 1 aliphatic heterocycles.